The summed E-state index contributed by atoms with van der Waals surface area (Å²) in [6.07, 6.45) is 3.36. The molecule has 6 nitrogen and oxygen atoms in total. The number of carbonyl (C=O) groups excluding carboxylic acids is 2. The predicted octanol–water partition coefficient (Wildman–Crippen LogP) is 1.85. The zero-order valence-electron chi connectivity index (χ0n) is 15.0. The summed E-state index contributed by atoms with van der Waals surface area (Å²) in [5.74, 6) is 0.134. The van der Waals surface area contributed by atoms with Gasteiger partial charge in [-0.25, -0.2) is 4.79 Å². The van der Waals surface area contributed by atoms with Gasteiger partial charge in [-0.2, -0.15) is 0 Å². The molecule has 0 saturated carbocycles. The maximum absolute atomic E-state index is 12.4. The number of ether oxygens (including phenoxy) is 1. The molecule has 1 atom stereocenters. The molecule has 0 bridgehead atoms. The smallest absolute Gasteiger partial charge is 0.407 e. The number of nitrogens with zero attached hydrogens (tertiary/aromatic N) is 2. The van der Waals surface area contributed by atoms with E-state index in [2.05, 4.69) is 17.3 Å². The van der Waals surface area contributed by atoms with Gasteiger partial charge in [0.15, 0.2) is 0 Å². The van der Waals surface area contributed by atoms with E-state index < -0.39 is 11.7 Å². The third kappa shape index (κ3) is 5.37. The molecule has 23 heavy (non-hydrogen) atoms. The number of amides is 2. The number of nitrogens with one attached hydrogen (secondary N) is 1. The van der Waals surface area contributed by atoms with Gasteiger partial charge in [0.05, 0.1) is 0 Å². The molecule has 0 aliphatic carbocycles. The van der Waals surface area contributed by atoms with Crippen LogP contribution < -0.4 is 5.32 Å². The zero-order valence-corrected chi connectivity index (χ0v) is 15.0. The Labute approximate surface area is 139 Å². The van der Waals surface area contributed by atoms with Crippen LogP contribution in [0.4, 0.5) is 4.79 Å². The Kier molecular flexibility index (Phi) is 5.55. The van der Waals surface area contributed by atoms with Crippen molar-refractivity contribution in [1.29, 1.82) is 0 Å². The van der Waals surface area contributed by atoms with Crippen molar-refractivity contribution in [3.63, 3.8) is 0 Å². The van der Waals surface area contributed by atoms with E-state index >= 15 is 0 Å². The van der Waals surface area contributed by atoms with Crippen molar-refractivity contribution in [3.05, 3.63) is 0 Å². The van der Waals surface area contributed by atoms with Crippen molar-refractivity contribution in [1.82, 2.24) is 15.1 Å². The second-order valence-electron chi connectivity index (χ2n) is 8.09. The highest BCUT2D eigenvalue weighted by Crippen LogP contribution is 2.38. The second-order valence-corrected chi connectivity index (χ2v) is 8.09. The van der Waals surface area contributed by atoms with Crippen LogP contribution >= 0.6 is 0 Å². The van der Waals surface area contributed by atoms with Crippen LogP contribution in [0.25, 0.3) is 0 Å². The maximum atomic E-state index is 12.4. The highest BCUT2D eigenvalue weighted by molar-refractivity contribution is 5.77. The number of likely N-dealkylation sites (tertiary alicyclic amines) is 2. The monoisotopic (exact) mass is 325 g/mol. The lowest BCUT2D eigenvalue weighted by Crippen LogP contribution is -2.47. The molecular formula is C17H31N3O3. The largest absolute Gasteiger partial charge is 0.444 e. The van der Waals surface area contributed by atoms with E-state index in [4.69, 9.17) is 4.74 Å². The molecule has 1 N–H and O–H groups in total. The van der Waals surface area contributed by atoms with E-state index in [0.717, 1.165) is 32.6 Å². The molecule has 0 aromatic carbocycles. The van der Waals surface area contributed by atoms with Crippen LogP contribution in [0.5, 0.6) is 0 Å². The van der Waals surface area contributed by atoms with Gasteiger partial charge in [-0.3, -0.25) is 4.79 Å². The lowest BCUT2D eigenvalue weighted by atomic mass is 9.79. The second kappa shape index (κ2) is 7.07. The first-order valence-electron chi connectivity index (χ1n) is 8.62. The minimum absolute atomic E-state index is 0.134. The van der Waals surface area contributed by atoms with Crippen molar-refractivity contribution < 1.29 is 14.3 Å². The van der Waals surface area contributed by atoms with Crippen molar-refractivity contribution in [2.75, 3.05) is 39.8 Å². The van der Waals surface area contributed by atoms with Gasteiger partial charge < -0.3 is 19.9 Å². The lowest BCUT2D eigenvalue weighted by molar-refractivity contribution is -0.134. The number of carbonyl (C=O) groups is 2. The number of alkyl carbamates (subject to hydrolysis) is 1. The van der Waals surface area contributed by atoms with Gasteiger partial charge in [0, 0.05) is 38.0 Å². The first-order valence-corrected chi connectivity index (χ1v) is 8.62. The van der Waals surface area contributed by atoms with Gasteiger partial charge in [-0.15, -0.1) is 0 Å². The van der Waals surface area contributed by atoms with Gasteiger partial charge in [-0.1, -0.05) is 0 Å². The van der Waals surface area contributed by atoms with E-state index in [1.165, 1.54) is 12.8 Å². The predicted molar refractivity (Wildman–Crippen MR) is 89.2 cm³/mol. The number of hydrogen-bond acceptors (Lipinski definition) is 4. The van der Waals surface area contributed by atoms with Crippen LogP contribution in [0.15, 0.2) is 0 Å². The Balaban J connectivity index is 1.74. The molecule has 0 aromatic rings. The van der Waals surface area contributed by atoms with Gasteiger partial charge in [0.2, 0.25) is 5.91 Å². The summed E-state index contributed by atoms with van der Waals surface area (Å²) in [4.78, 5) is 28.3. The summed E-state index contributed by atoms with van der Waals surface area (Å²) < 4.78 is 5.17. The van der Waals surface area contributed by atoms with Gasteiger partial charge >= 0.3 is 6.09 Å². The van der Waals surface area contributed by atoms with E-state index in [1.807, 2.05) is 25.7 Å². The highest BCUT2D eigenvalue weighted by Gasteiger charge is 2.41. The standard InChI is InChI=1S/C17H31N3O3/c1-16(2,3)23-15(22)18-9-6-14(21)20-10-5-7-17(13-20)8-11-19(4)12-17/h5-13H2,1-4H3,(H,18,22). The van der Waals surface area contributed by atoms with Crippen LogP contribution in [0, 0.1) is 5.41 Å². The van der Waals surface area contributed by atoms with Crippen molar-refractivity contribution >= 4 is 12.0 Å². The molecule has 2 aliphatic heterocycles. The van der Waals surface area contributed by atoms with E-state index in [9.17, 15) is 9.59 Å². The number of piperidine rings is 1. The summed E-state index contributed by atoms with van der Waals surface area (Å²) in [5, 5.41) is 2.66. The Morgan fingerprint density at radius 3 is 2.52 bits per heavy atom. The van der Waals surface area contributed by atoms with Crippen molar-refractivity contribution in [2.24, 2.45) is 5.41 Å². The molecule has 0 radical (unpaired) electrons. The molecule has 1 unspecified atom stereocenters. The van der Waals surface area contributed by atoms with Crippen molar-refractivity contribution in [3.8, 4) is 0 Å². The molecule has 6 heteroatoms. The molecular weight excluding hydrogens is 294 g/mol. The molecule has 2 heterocycles. The fraction of sp³-hybridized carbons (Fsp3) is 0.882. The Bertz CT molecular complexity index is 443. The quantitative estimate of drug-likeness (QED) is 0.860. The summed E-state index contributed by atoms with van der Waals surface area (Å²) in [6, 6.07) is 0. The third-order valence-electron chi connectivity index (χ3n) is 4.65. The zero-order chi connectivity index (χ0) is 17.1. The molecule has 2 rings (SSSR count). The molecule has 1 spiro atoms. The van der Waals surface area contributed by atoms with Crippen LogP contribution in [0.1, 0.15) is 46.5 Å². The summed E-state index contributed by atoms with van der Waals surface area (Å²) in [5.41, 5.74) is -0.219. The molecule has 0 aromatic heterocycles. The molecule has 132 valence electrons. The topological polar surface area (TPSA) is 61.9 Å². The lowest BCUT2D eigenvalue weighted by Gasteiger charge is -2.40. The van der Waals surface area contributed by atoms with Crippen LogP contribution in [-0.2, 0) is 9.53 Å². The molecule has 2 aliphatic rings. The number of hydrogen-bond donors (Lipinski definition) is 1. The Morgan fingerprint density at radius 2 is 1.91 bits per heavy atom. The average molecular weight is 325 g/mol. The van der Waals surface area contributed by atoms with Crippen molar-refractivity contribution in [2.45, 2.75) is 52.1 Å². The average Bonchev–Trinajstić information content (AvgIpc) is 2.77. The van der Waals surface area contributed by atoms with E-state index in [0.29, 0.717) is 18.4 Å². The SMILES string of the molecule is CN1CCC2(CCCN(C(=O)CCNC(=O)OC(C)(C)C)C2)C1. The van der Waals surface area contributed by atoms with Gasteiger partial charge in [-0.05, 0) is 53.6 Å². The summed E-state index contributed by atoms with van der Waals surface area (Å²) in [6.45, 7) is 9.72. The maximum Gasteiger partial charge on any atom is 0.407 e. The normalized spacial score (nSPS) is 25.7. The highest BCUT2D eigenvalue weighted by atomic mass is 16.6. The molecule has 2 saturated heterocycles. The van der Waals surface area contributed by atoms with Gasteiger partial charge in [0.1, 0.15) is 5.60 Å². The first kappa shape index (κ1) is 18.0. The Hall–Kier alpha value is -1.30. The minimum Gasteiger partial charge on any atom is -0.444 e. The minimum atomic E-state index is -0.512. The van der Waals surface area contributed by atoms with Crippen LogP contribution in [-0.4, -0.2) is 67.2 Å². The third-order valence-corrected chi connectivity index (χ3v) is 4.65. The fourth-order valence-electron chi connectivity index (χ4n) is 3.66. The molecule has 2 amide bonds. The summed E-state index contributed by atoms with van der Waals surface area (Å²) in [7, 11) is 2.15. The first-order chi connectivity index (χ1) is 10.7. The Morgan fingerprint density at radius 1 is 1.17 bits per heavy atom. The molecule has 2 fully saturated rings. The number of rotatable bonds is 3. The van der Waals surface area contributed by atoms with Gasteiger partial charge in [0.25, 0.3) is 0 Å². The van der Waals surface area contributed by atoms with E-state index in [-0.39, 0.29) is 5.91 Å². The fourth-order valence-corrected chi connectivity index (χ4v) is 3.66. The van der Waals surface area contributed by atoms with Crippen LogP contribution in [0.3, 0.4) is 0 Å². The van der Waals surface area contributed by atoms with E-state index in [1.54, 1.807) is 0 Å². The summed E-state index contributed by atoms with van der Waals surface area (Å²) >= 11 is 0. The van der Waals surface area contributed by atoms with Crippen LogP contribution in [0.2, 0.25) is 0 Å².